The Morgan fingerprint density at radius 1 is 1.16 bits per heavy atom. The van der Waals surface area contributed by atoms with Crippen LogP contribution in [0.1, 0.15) is 78.6 Å². The summed E-state index contributed by atoms with van der Waals surface area (Å²) in [4.78, 5) is 49.7. The minimum atomic E-state index is -0.883. The number of benzene rings is 2. The molecule has 4 heterocycles. The lowest BCUT2D eigenvalue weighted by Gasteiger charge is -2.47. The topological polar surface area (TPSA) is 102 Å². The fourth-order valence-corrected chi connectivity index (χ4v) is 6.53. The third-order valence-electron chi connectivity index (χ3n) is 9.60. The first kappa shape index (κ1) is 29.5. The van der Waals surface area contributed by atoms with E-state index in [4.69, 9.17) is 9.57 Å². The van der Waals surface area contributed by atoms with Gasteiger partial charge in [-0.25, -0.2) is 8.78 Å². The van der Waals surface area contributed by atoms with E-state index in [0.717, 1.165) is 23.4 Å². The molecule has 6 rings (SSSR count). The Morgan fingerprint density at radius 2 is 1.91 bits per heavy atom. The number of pyridine rings is 1. The first-order valence-electron chi connectivity index (χ1n) is 14.7. The van der Waals surface area contributed by atoms with Crippen LogP contribution in [0.2, 0.25) is 0 Å². The molecule has 3 atom stereocenters. The fraction of sp³-hybridized carbons (Fsp3) is 0.394. The van der Waals surface area contributed by atoms with Gasteiger partial charge >= 0.3 is 0 Å². The Hall–Kier alpha value is -4.54. The molecule has 2 amide bonds. The quantitative estimate of drug-likeness (QED) is 0.428. The number of fused-ring (bicyclic) bond motifs is 5. The second kappa shape index (κ2) is 10.9. The predicted molar refractivity (Wildman–Crippen MR) is 158 cm³/mol. The number of aromatic nitrogens is 1. The molecule has 2 bridgehead atoms. The number of carbonyl (C=O) groups excluding carboxylic acids is 2. The van der Waals surface area contributed by atoms with E-state index in [9.17, 15) is 23.2 Å². The van der Waals surface area contributed by atoms with Gasteiger partial charge in [0, 0.05) is 37.0 Å². The zero-order valence-corrected chi connectivity index (χ0v) is 25.0. The van der Waals surface area contributed by atoms with Crippen molar-refractivity contribution in [3.05, 3.63) is 99.0 Å². The Labute approximate surface area is 253 Å². The number of halogens is 2. The molecule has 2 aromatic carbocycles. The molecule has 3 aliphatic rings. The molecular formula is C33H34F2N4O5. The molecule has 9 nitrogen and oxygen atoms in total. The van der Waals surface area contributed by atoms with E-state index in [-0.39, 0.29) is 54.2 Å². The van der Waals surface area contributed by atoms with Gasteiger partial charge in [-0.15, -0.1) is 0 Å². The maximum atomic E-state index is 14.3. The van der Waals surface area contributed by atoms with Gasteiger partial charge in [0.15, 0.2) is 17.0 Å². The molecule has 230 valence electrons. The summed E-state index contributed by atoms with van der Waals surface area (Å²) in [6, 6.07) is 11.5. The number of oxime groups is 1. The number of rotatable bonds is 6. The number of hydrogen-bond acceptors (Lipinski definition) is 6. The van der Waals surface area contributed by atoms with E-state index in [1.54, 1.807) is 9.47 Å². The van der Waals surface area contributed by atoms with Gasteiger partial charge in [0.25, 0.3) is 11.8 Å². The fourth-order valence-electron chi connectivity index (χ4n) is 6.53. The van der Waals surface area contributed by atoms with Gasteiger partial charge in [0.1, 0.15) is 23.8 Å². The lowest BCUT2D eigenvalue weighted by molar-refractivity contribution is -0.114. The van der Waals surface area contributed by atoms with Crippen LogP contribution in [-0.2, 0) is 18.0 Å². The molecule has 0 saturated carbocycles. The minimum Gasteiger partial charge on any atom is -0.483 e. The summed E-state index contributed by atoms with van der Waals surface area (Å²) in [5, 5.41) is 6.96. The highest BCUT2D eigenvalue weighted by atomic mass is 19.1. The maximum Gasteiger partial charge on any atom is 0.274 e. The number of amides is 2. The van der Waals surface area contributed by atoms with E-state index in [0.29, 0.717) is 12.8 Å². The molecule has 1 spiro atoms. The molecule has 1 fully saturated rings. The average molecular weight is 605 g/mol. The van der Waals surface area contributed by atoms with Gasteiger partial charge in [0.05, 0.1) is 17.2 Å². The number of carbonyl (C=O) groups is 2. The van der Waals surface area contributed by atoms with Gasteiger partial charge < -0.3 is 24.4 Å². The van der Waals surface area contributed by atoms with Crippen molar-refractivity contribution in [3.8, 4) is 5.75 Å². The van der Waals surface area contributed by atoms with Crippen LogP contribution in [0.3, 0.4) is 0 Å². The Bertz CT molecular complexity index is 1740. The largest absolute Gasteiger partial charge is 0.483 e. The highest BCUT2D eigenvalue weighted by molar-refractivity contribution is 5.99. The van der Waals surface area contributed by atoms with Crippen LogP contribution in [0, 0.1) is 17.0 Å². The molecular weight excluding hydrogens is 570 g/mol. The Balaban J connectivity index is 1.49. The summed E-state index contributed by atoms with van der Waals surface area (Å²) in [7, 11) is 0. The average Bonchev–Trinajstić information content (AvgIpc) is 3.13. The van der Waals surface area contributed by atoms with Crippen molar-refractivity contribution in [2.75, 3.05) is 6.54 Å². The maximum absolute atomic E-state index is 14.3. The Kier molecular flexibility index (Phi) is 7.30. The molecule has 0 radical (unpaired) electrons. The number of ether oxygens (including phenoxy) is 1. The molecule has 44 heavy (non-hydrogen) atoms. The van der Waals surface area contributed by atoms with E-state index in [1.165, 1.54) is 12.3 Å². The highest BCUT2D eigenvalue weighted by Crippen LogP contribution is 2.54. The summed E-state index contributed by atoms with van der Waals surface area (Å²) in [6.45, 7) is 7.96. The highest BCUT2D eigenvalue weighted by Gasteiger charge is 2.62. The van der Waals surface area contributed by atoms with Crippen molar-refractivity contribution in [2.24, 2.45) is 10.6 Å². The van der Waals surface area contributed by atoms with Crippen molar-refractivity contribution in [2.45, 2.75) is 71.4 Å². The molecule has 1 aromatic heterocycles. The number of nitrogens with one attached hydrogen (secondary N) is 1. The van der Waals surface area contributed by atoms with E-state index < -0.39 is 40.0 Å². The second-order valence-corrected chi connectivity index (χ2v) is 12.3. The summed E-state index contributed by atoms with van der Waals surface area (Å²) in [6.07, 6.45) is 2.60. The van der Waals surface area contributed by atoms with Gasteiger partial charge in [0.2, 0.25) is 5.43 Å². The first-order chi connectivity index (χ1) is 20.9. The smallest absolute Gasteiger partial charge is 0.274 e. The molecule has 3 aliphatic heterocycles. The Morgan fingerprint density at radius 3 is 2.59 bits per heavy atom. The van der Waals surface area contributed by atoms with Crippen molar-refractivity contribution in [3.63, 3.8) is 0 Å². The van der Waals surface area contributed by atoms with Crippen molar-refractivity contribution in [1.29, 1.82) is 0 Å². The van der Waals surface area contributed by atoms with Crippen molar-refractivity contribution >= 4 is 17.5 Å². The predicted octanol–water partition coefficient (Wildman–Crippen LogP) is 4.99. The molecule has 3 aromatic rings. The minimum absolute atomic E-state index is 0.0161. The van der Waals surface area contributed by atoms with E-state index >= 15 is 0 Å². The van der Waals surface area contributed by atoms with Crippen molar-refractivity contribution < 1.29 is 27.9 Å². The van der Waals surface area contributed by atoms with Crippen LogP contribution in [0.5, 0.6) is 5.75 Å². The zero-order chi connectivity index (χ0) is 31.4. The summed E-state index contributed by atoms with van der Waals surface area (Å²) >= 11 is 0. The van der Waals surface area contributed by atoms with Gasteiger partial charge in [-0.05, 0) is 38.3 Å². The summed E-state index contributed by atoms with van der Waals surface area (Å²) in [5.74, 6) is -2.97. The number of nitrogens with zero attached hydrogens (tertiary/aromatic N) is 3. The van der Waals surface area contributed by atoms with Gasteiger partial charge in [-0.2, -0.15) is 0 Å². The third-order valence-corrected chi connectivity index (χ3v) is 9.60. The second-order valence-electron chi connectivity index (χ2n) is 12.3. The van der Waals surface area contributed by atoms with Crippen LogP contribution in [0.25, 0.3) is 0 Å². The molecule has 1 saturated heterocycles. The third kappa shape index (κ3) is 4.65. The SMILES string of the molecule is CC1=NO[C@]2(CC[C@H](C)N3C[C@H]2n2cc(C(=O)NCc4ccc(F)cc4F)c(=O)c(OCc4ccccc4)c2C3=O)C1(C)C. The standard InChI is InChI=1S/C33H34F2N4O5/c1-19-12-13-33(32(3,4)20(2)37-44-33)26-17-38(19)31(42)27-29(43-18-21-8-6-5-7-9-21)28(40)24(16-39(26)27)30(41)36-15-22-10-11-23(34)14-25(22)35/h5-11,14,16,19,26H,12-13,15,17-18H2,1-4H3,(H,36,41)/t19-,26+,33-/m0/s1. The van der Waals surface area contributed by atoms with Crippen LogP contribution >= 0.6 is 0 Å². The lowest BCUT2D eigenvalue weighted by Crippen LogP contribution is -2.57. The van der Waals surface area contributed by atoms with Crippen LogP contribution in [0.15, 0.2) is 64.7 Å². The normalized spacial score (nSPS) is 23.5. The summed E-state index contributed by atoms with van der Waals surface area (Å²) in [5.41, 5.74) is -0.802. The first-order valence-corrected chi connectivity index (χ1v) is 14.7. The van der Waals surface area contributed by atoms with Crippen LogP contribution in [0.4, 0.5) is 8.78 Å². The van der Waals surface area contributed by atoms with Crippen LogP contribution in [-0.4, -0.2) is 45.2 Å². The van der Waals surface area contributed by atoms with Gasteiger partial charge in [-0.1, -0.05) is 55.4 Å². The molecule has 0 unspecified atom stereocenters. The van der Waals surface area contributed by atoms with Crippen molar-refractivity contribution in [1.82, 2.24) is 14.8 Å². The lowest BCUT2D eigenvalue weighted by atomic mass is 9.66. The zero-order valence-electron chi connectivity index (χ0n) is 25.0. The van der Waals surface area contributed by atoms with E-state index in [1.807, 2.05) is 44.2 Å². The van der Waals surface area contributed by atoms with Crippen LogP contribution < -0.4 is 15.5 Å². The molecule has 0 aliphatic carbocycles. The molecule has 1 N–H and O–H groups in total. The van der Waals surface area contributed by atoms with E-state index in [2.05, 4.69) is 24.3 Å². The number of hydrogen-bond donors (Lipinski definition) is 1. The van der Waals surface area contributed by atoms with Gasteiger partial charge in [-0.3, -0.25) is 14.4 Å². The molecule has 11 heteroatoms. The monoisotopic (exact) mass is 604 g/mol. The summed E-state index contributed by atoms with van der Waals surface area (Å²) < 4.78 is 35.5.